The zero-order valence-corrected chi connectivity index (χ0v) is 26.2. The highest BCUT2D eigenvalue weighted by Gasteiger charge is 2.16. The van der Waals surface area contributed by atoms with Gasteiger partial charge < -0.3 is 28.4 Å². The van der Waals surface area contributed by atoms with E-state index in [1.165, 1.54) is 32.7 Å². The predicted molar refractivity (Wildman–Crippen MR) is 175 cm³/mol. The summed E-state index contributed by atoms with van der Waals surface area (Å²) >= 11 is 0. The molecule has 8 heteroatoms. The predicted octanol–water partition coefficient (Wildman–Crippen LogP) is 5.39. The van der Waals surface area contributed by atoms with Gasteiger partial charge in [0.15, 0.2) is 0 Å². The maximum absolute atomic E-state index is 6.00. The van der Waals surface area contributed by atoms with Crippen LogP contribution in [0.25, 0.3) is 21.5 Å². The van der Waals surface area contributed by atoms with Crippen molar-refractivity contribution in [2.45, 2.75) is 13.1 Å². The van der Waals surface area contributed by atoms with Crippen molar-refractivity contribution in [3.63, 3.8) is 0 Å². The zero-order valence-electron chi connectivity index (χ0n) is 26.2. The molecule has 0 unspecified atom stereocenters. The second-order valence-corrected chi connectivity index (χ2v) is 10.9. The Morgan fingerprint density at radius 3 is 1.20 bits per heavy atom. The fourth-order valence-electron chi connectivity index (χ4n) is 5.75. The van der Waals surface area contributed by atoms with Crippen LogP contribution in [0.3, 0.4) is 0 Å². The van der Waals surface area contributed by atoms with Crippen LogP contribution < -0.4 is 9.47 Å². The van der Waals surface area contributed by atoms with Gasteiger partial charge in [-0.15, -0.1) is 0 Å². The second kappa shape index (κ2) is 17.3. The average Bonchev–Trinajstić information content (AvgIpc) is 3.06. The van der Waals surface area contributed by atoms with E-state index in [1.54, 1.807) is 14.2 Å². The van der Waals surface area contributed by atoms with Crippen molar-refractivity contribution < 1.29 is 28.4 Å². The van der Waals surface area contributed by atoms with Gasteiger partial charge in [0.1, 0.15) is 11.5 Å². The standard InChI is InChI=1S/C36H46N2O6/c1-39-35-13-11-29-7-3-5-9-31(29)33(35)27-37-15-19-41-23-25-43-21-17-38(18-22-44-26-24-42-20-16-37)28-34-32-10-6-4-8-30(32)12-14-36(34)40-2/h3-14H,15-28H2,1-2H3. The minimum absolute atomic E-state index is 0.558. The van der Waals surface area contributed by atoms with E-state index in [1.807, 2.05) is 0 Å². The Morgan fingerprint density at radius 1 is 0.477 bits per heavy atom. The first-order chi connectivity index (χ1) is 21.8. The molecule has 1 heterocycles. The van der Waals surface area contributed by atoms with Crippen molar-refractivity contribution in [2.24, 2.45) is 0 Å². The summed E-state index contributed by atoms with van der Waals surface area (Å²) < 4.78 is 35.5. The fraction of sp³-hybridized carbons (Fsp3) is 0.444. The molecule has 0 amide bonds. The van der Waals surface area contributed by atoms with Gasteiger partial charge in [-0.05, 0) is 33.7 Å². The van der Waals surface area contributed by atoms with E-state index in [-0.39, 0.29) is 0 Å². The van der Waals surface area contributed by atoms with E-state index in [0.29, 0.717) is 52.9 Å². The van der Waals surface area contributed by atoms with Gasteiger partial charge in [-0.1, -0.05) is 60.7 Å². The highest BCUT2D eigenvalue weighted by atomic mass is 16.5. The van der Waals surface area contributed by atoms with Crippen LogP contribution in [-0.4, -0.2) is 103 Å². The summed E-state index contributed by atoms with van der Waals surface area (Å²) in [6.07, 6.45) is 0. The number of ether oxygens (including phenoxy) is 6. The zero-order chi connectivity index (χ0) is 30.4. The van der Waals surface area contributed by atoms with E-state index in [2.05, 4.69) is 82.6 Å². The Bertz CT molecular complexity index is 1320. The molecule has 0 saturated carbocycles. The van der Waals surface area contributed by atoms with E-state index in [9.17, 15) is 0 Å². The van der Waals surface area contributed by atoms with Crippen molar-refractivity contribution in [1.82, 2.24) is 9.80 Å². The van der Waals surface area contributed by atoms with Crippen molar-refractivity contribution in [2.75, 3.05) is 93.3 Å². The van der Waals surface area contributed by atoms with Gasteiger partial charge in [0, 0.05) is 50.4 Å². The third-order valence-corrected chi connectivity index (χ3v) is 8.15. The highest BCUT2D eigenvalue weighted by molar-refractivity contribution is 5.88. The molecule has 1 aliphatic heterocycles. The summed E-state index contributed by atoms with van der Waals surface area (Å²) in [7, 11) is 3.47. The summed E-state index contributed by atoms with van der Waals surface area (Å²) in [5.74, 6) is 1.81. The van der Waals surface area contributed by atoms with Crippen LogP contribution in [0.1, 0.15) is 11.1 Å². The Balaban J connectivity index is 1.17. The molecule has 0 spiro atoms. The van der Waals surface area contributed by atoms with Crippen LogP contribution in [-0.2, 0) is 32.0 Å². The molecule has 5 rings (SSSR count). The van der Waals surface area contributed by atoms with Gasteiger partial charge in [0.05, 0.1) is 67.1 Å². The Kier molecular flexibility index (Phi) is 12.6. The lowest BCUT2D eigenvalue weighted by molar-refractivity contribution is 0.00620. The number of benzene rings is 4. The molecule has 4 aromatic rings. The van der Waals surface area contributed by atoms with Crippen LogP contribution in [0, 0.1) is 0 Å². The lowest BCUT2D eigenvalue weighted by Gasteiger charge is -2.25. The molecule has 8 nitrogen and oxygen atoms in total. The molecule has 1 fully saturated rings. The number of hydrogen-bond acceptors (Lipinski definition) is 8. The molecule has 0 atom stereocenters. The molecular formula is C36H46N2O6. The van der Waals surface area contributed by atoms with Gasteiger partial charge >= 0.3 is 0 Å². The summed E-state index contributed by atoms with van der Waals surface area (Å²) in [6.45, 7) is 9.34. The van der Waals surface area contributed by atoms with Crippen molar-refractivity contribution in [3.05, 3.63) is 83.9 Å². The first-order valence-corrected chi connectivity index (χ1v) is 15.6. The van der Waals surface area contributed by atoms with E-state index < -0.39 is 0 Å². The van der Waals surface area contributed by atoms with Crippen molar-refractivity contribution in [1.29, 1.82) is 0 Å². The third kappa shape index (κ3) is 8.91. The number of nitrogens with zero attached hydrogens (tertiary/aromatic N) is 2. The van der Waals surface area contributed by atoms with Crippen LogP contribution in [0.15, 0.2) is 72.8 Å². The number of methoxy groups -OCH3 is 2. The SMILES string of the molecule is COc1ccc2ccccc2c1CN1CCOCCOCCN(Cc2c(OC)ccc3ccccc23)CCOCCOCC1. The topological polar surface area (TPSA) is 61.9 Å². The monoisotopic (exact) mass is 602 g/mol. The summed E-state index contributed by atoms with van der Waals surface area (Å²) in [6, 6.07) is 25.3. The number of hydrogen-bond donors (Lipinski definition) is 0. The minimum Gasteiger partial charge on any atom is -0.496 e. The normalized spacial score (nSPS) is 17.7. The molecule has 4 aromatic carbocycles. The smallest absolute Gasteiger partial charge is 0.123 e. The Hall–Kier alpha value is -3.24. The molecule has 0 bridgehead atoms. The number of rotatable bonds is 6. The minimum atomic E-state index is 0.558. The Morgan fingerprint density at radius 2 is 0.841 bits per heavy atom. The summed E-state index contributed by atoms with van der Waals surface area (Å²) in [4.78, 5) is 4.74. The first kappa shape index (κ1) is 32.2. The van der Waals surface area contributed by atoms with Crippen LogP contribution in [0.4, 0.5) is 0 Å². The molecule has 0 aliphatic carbocycles. The van der Waals surface area contributed by atoms with Crippen molar-refractivity contribution in [3.8, 4) is 11.5 Å². The maximum Gasteiger partial charge on any atom is 0.123 e. The quantitative estimate of drug-likeness (QED) is 0.291. The van der Waals surface area contributed by atoms with E-state index in [0.717, 1.165) is 50.8 Å². The lowest BCUT2D eigenvalue weighted by Crippen LogP contribution is -2.33. The van der Waals surface area contributed by atoms with Gasteiger partial charge in [0.25, 0.3) is 0 Å². The van der Waals surface area contributed by atoms with Gasteiger partial charge in [0.2, 0.25) is 0 Å². The van der Waals surface area contributed by atoms with Crippen LogP contribution in [0.5, 0.6) is 11.5 Å². The maximum atomic E-state index is 6.00. The summed E-state index contributed by atoms with van der Waals surface area (Å²) in [5.41, 5.74) is 2.37. The van der Waals surface area contributed by atoms with Crippen LogP contribution >= 0.6 is 0 Å². The largest absolute Gasteiger partial charge is 0.496 e. The van der Waals surface area contributed by atoms with E-state index >= 15 is 0 Å². The molecule has 1 aliphatic rings. The summed E-state index contributed by atoms with van der Waals surface area (Å²) in [5, 5.41) is 4.84. The number of fused-ring (bicyclic) bond motifs is 2. The first-order valence-electron chi connectivity index (χ1n) is 15.6. The fourth-order valence-corrected chi connectivity index (χ4v) is 5.75. The third-order valence-electron chi connectivity index (χ3n) is 8.15. The lowest BCUT2D eigenvalue weighted by atomic mass is 10.0. The van der Waals surface area contributed by atoms with Gasteiger partial charge in [-0.2, -0.15) is 0 Å². The Labute approximate surface area is 261 Å². The van der Waals surface area contributed by atoms with Crippen molar-refractivity contribution >= 4 is 21.5 Å². The molecule has 1 saturated heterocycles. The molecular weight excluding hydrogens is 556 g/mol. The molecule has 0 radical (unpaired) electrons. The molecule has 0 aromatic heterocycles. The molecule has 0 N–H and O–H groups in total. The highest BCUT2D eigenvalue weighted by Crippen LogP contribution is 2.30. The average molecular weight is 603 g/mol. The van der Waals surface area contributed by atoms with Gasteiger partial charge in [-0.3, -0.25) is 9.80 Å². The van der Waals surface area contributed by atoms with E-state index in [4.69, 9.17) is 28.4 Å². The molecule has 44 heavy (non-hydrogen) atoms. The van der Waals surface area contributed by atoms with Crippen LogP contribution in [0.2, 0.25) is 0 Å². The second-order valence-electron chi connectivity index (χ2n) is 10.9. The van der Waals surface area contributed by atoms with Gasteiger partial charge in [-0.25, -0.2) is 0 Å². The molecule has 236 valence electrons.